The fourth-order valence-corrected chi connectivity index (χ4v) is 1.67. The second-order valence-electron chi connectivity index (χ2n) is 5.19. The van der Waals surface area contributed by atoms with Crippen LogP contribution in [0.25, 0.3) is 0 Å². The van der Waals surface area contributed by atoms with Crippen LogP contribution in [0.5, 0.6) is 0 Å². The maximum Gasteiger partial charge on any atom is 0.331 e. The summed E-state index contributed by atoms with van der Waals surface area (Å²) in [5, 5.41) is 0. The van der Waals surface area contributed by atoms with Gasteiger partial charge < -0.3 is 32.4 Å². The van der Waals surface area contributed by atoms with Crippen LogP contribution in [0, 0.1) is 0 Å². The Kier molecular flexibility index (Phi) is 11.5. The number of carbonyl (C=O) groups is 4. The van der Waals surface area contributed by atoms with Gasteiger partial charge in [-0.2, -0.15) is 0 Å². The van der Waals surface area contributed by atoms with Crippen LogP contribution < -0.4 is 22.9 Å². The van der Waals surface area contributed by atoms with Crippen LogP contribution in [0.2, 0.25) is 0 Å². The van der Waals surface area contributed by atoms with Gasteiger partial charge in [-0.3, -0.25) is 9.59 Å². The van der Waals surface area contributed by atoms with Crippen LogP contribution >= 0.6 is 0 Å². The van der Waals surface area contributed by atoms with Gasteiger partial charge in [0.15, 0.2) is 0 Å². The van der Waals surface area contributed by atoms with Crippen LogP contribution in [-0.2, 0) is 28.7 Å². The number of unbranched alkanes of at least 4 members (excludes halogenated alkanes) is 3. The largest absolute Gasteiger partial charge is 0.392 e. The molecule has 10 heteroatoms. The van der Waals surface area contributed by atoms with Crippen LogP contribution in [0.15, 0.2) is 0 Å². The summed E-state index contributed by atoms with van der Waals surface area (Å²) >= 11 is 0. The summed E-state index contributed by atoms with van der Waals surface area (Å²) in [6.45, 7) is -0.473. The van der Waals surface area contributed by atoms with E-state index < -0.39 is 36.0 Å². The van der Waals surface area contributed by atoms with E-state index in [1.54, 1.807) is 0 Å². The van der Waals surface area contributed by atoms with Crippen LogP contribution in [-0.4, -0.2) is 49.1 Å². The van der Waals surface area contributed by atoms with E-state index in [0.717, 1.165) is 6.42 Å². The van der Waals surface area contributed by atoms with Crippen molar-refractivity contribution in [2.24, 2.45) is 22.9 Å². The summed E-state index contributed by atoms with van der Waals surface area (Å²) in [5.74, 6) is -3.11. The summed E-state index contributed by atoms with van der Waals surface area (Å²) < 4.78 is 8.92. The standard InChI is InChI=1S/C14H26N4O6/c15-7-10(18)14(22)23-11(19)6-4-2-1-3-5-9(17)13(21)24-12(20)8-16/h9-10H,1-8,15-18H2. The monoisotopic (exact) mass is 346 g/mol. The Bertz CT molecular complexity index is 443. The van der Waals surface area contributed by atoms with Gasteiger partial charge in [0.2, 0.25) is 0 Å². The van der Waals surface area contributed by atoms with E-state index >= 15 is 0 Å². The lowest BCUT2D eigenvalue weighted by atomic mass is 10.1. The minimum absolute atomic E-state index is 0.0854. The Morgan fingerprint density at radius 1 is 0.750 bits per heavy atom. The highest BCUT2D eigenvalue weighted by atomic mass is 16.6. The molecule has 0 radical (unpaired) electrons. The Labute approximate surface area is 140 Å². The van der Waals surface area contributed by atoms with Gasteiger partial charge in [0.1, 0.15) is 12.1 Å². The zero-order chi connectivity index (χ0) is 18.5. The molecule has 0 spiro atoms. The fraction of sp³-hybridized carbons (Fsp3) is 0.714. The Hall–Kier alpha value is -1.88. The van der Waals surface area contributed by atoms with E-state index in [9.17, 15) is 19.2 Å². The molecule has 0 saturated carbocycles. The van der Waals surface area contributed by atoms with E-state index in [0.29, 0.717) is 25.7 Å². The lowest BCUT2D eigenvalue weighted by Crippen LogP contribution is -2.40. The van der Waals surface area contributed by atoms with Crippen molar-refractivity contribution in [2.45, 2.75) is 50.6 Å². The molecule has 2 unspecified atom stereocenters. The summed E-state index contributed by atoms with van der Waals surface area (Å²) in [5.41, 5.74) is 21.1. The van der Waals surface area contributed by atoms with Gasteiger partial charge in [-0.25, -0.2) is 9.59 Å². The molecule has 10 nitrogen and oxygen atoms in total. The fourth-order valence-electron chi connectivity index (χ4n) is 1.67. The maximum atomic E-state index is 11.4. The molecular formula is C14H26N4O6. The summed E-state index contributed by atoms with van der Waals surface area (Å²) in [6.07, 6.45) is 2.99. The number of esters is 4. The predicted molar refractivity (Wildman–Crippen MR) is 84.0 cm³/mol. The van der Waals surface area contributed by atoms with Gasteiger partial charge in [0.05, 0.1) is 6.54 Å². The molecule has 0 aromatic heterocycles. The van der Waals surface area contributed by atoms with Crippen LogP contribution in [0.3, 0.4) is 0 Å². The molecule has 0 amide bonds. The van der Waals surface area contributed by atoms with Crippen molar-refractivity contribution in [3.05, 3.63) is 0 Å². The Morgan fingerprint density at radius 2 is 1.29 bits per heavy atom. The smallest absolute Gasteiger partial charge is 0.331 e. The Balaban J connectivity index is 3.73. The quantitative estimate of drug-likeness (QED) is 0.185. The molecule has 0 fully saturated rings. The van der Waals surface area contributed by atoms with Gasteiger partial charge in [0, 0.05) is 13.0 Å². The number of rotatable bonds is 11. The molecule has 0 aliphatic rings. The first kappa shape index (κ1) is 22.1. The van der Waals surface area contributed by atoms with Crippen LogP contribution in [0.1, 0.15) is 38.5 Å². The average molecular weight is 346 g/mol. The average Bonchev–Trinajstić information content (AvgIpc) is 2.56. The third-order valence-electron chi connectivity index (χ3n) is 3.10. The van der Waals surface area contributed by atoms with E-state index in [1.165, 1.54) is 0 Å². The highest BCUT2D eigenvalue weighted by Crippen LogP contribution is 2.08. The second kappa shape index (κ2) is 12.5. The summed E-state index contributed by atoms with van der Waals surface area (Å²) in [7, 11) is 0. The first-order chi connectivity index (χ1) is 11.3. The third kappa shape index (κ3) is 10.0. The highest BCUT2D eigenvalue weighted by molar-refractivity contribution is 5.89. The third-order valence-corrected chi connectivity index (χ3v) is 3.10. The topological polar surface area (TPSA) is 191 Å². The zero-order valence-electron chi connectivity index (χ0n) is 13.6. The normalized spacial score (nSPS) is 13.0. The van der Waals surface area contributed by atoms with Gasteiger partial charge in [-0.1, -0.05) is 19.3 Å². The molecule has 0 aromatic carbocycles. The number of hydrogen-bond donors (Lipinski definition) is 4. The van der Waals surface area contributed by atoms with Crippen molar-refractivity contribution in [1.29, 1.82) is 0 Å². The lowest BCUT2D eigenvalue weighted by molar-refractivity contribution is -0.161. The minimum atomic E-state index is -0.999. The number of carbonyl (C=O) groups excluding carboxylic acids is 4. The number of hydrogen-bond acceptors (Lipinski definition) is 10. The molecule has 0 aliphatic heterocycles. The van der Waals surface area contributed by atoms with Crippen molar-refractivity contribution < 1.29 is 28.7 Å². The second-order valence-corrected chi connectivity index (χ2v) is 5.19. The SMILES string of the molecule is NCC(=O)OC(=O)C(N)CCCCCCC(=O)OC(=O)C(N)CN. The first-order valence-electron chi connectivity index (χ1n) is 7.72. The van der Waals surface area contributed by atoms with E-state index in [4.69, 9.17) is 22.9 Å². The molecule has 24 heavy (non-hydrogen) atoms. The molecule has 0 aromatic rings. The van der Waals surface area contributed by atoms with E-state index in [1.807, 2.05) is 0 Å². The number of ether oxygens (including phenoxy) is 2. The molecule has 0 aliphatic carbocycles. The molecule has 2 atom stereocenters. The van der Waals surface area contributed by atoms with Crippen molar-refractivity contribution in [3.8, 4) is 0 Å². The highest BCUT2D eigenvalue weighted by Gasteiger charge is 2.18. The molecule has 8 N–H and O–H groups in total. The summed E-state index contributed by atoms with van der Waals surface area (Å²) in [4.78, 5) is 44.8. The van der Waals surface area contributed by atoms with Crippen LogP contribution in [0.4, 0.5) is 0 Å². The van der Waals surface area contributed by atoms with Gasteiger partial charge >= 0.3 is 23.9 Å². The molecule has 0 heterocycles. The van der Waals surface area contributed by atoms with Gasteiger partial charge in [-0.15, -0.1) is 0 Å². The van der Waals surface area contributed by atoms with Gasteiger partial charge in [-0.05, 0) is 12.8 Å². The molecular weight excluding hydrogens is 320 g/mol. The van der Waals surface area contributed by atoms with Crippen molar-refractivity contribution in [2.75, 3.05) is 13.1 Å². The Morgan fingerprint density at radius 3 is 1.88 bits per heavy atom. The van der Waals surface area contributed by atoms with Crippen molar-refractivity contribution in [3.63, 3.8) is 0 Å². The molecule has 138 valence electrons. The zero-order valence-corrected chi connectivity index (χ0v) is 13.6. The number of nitrogens with two attached hydrogens (primary N) is 4. The predicted octanol–water partition coefficient (Wildman–Crippen LogP) is -1.96. The molecule has 0 saturated heterocycles. The van der Waals surface area contributed by atoms with Crippen molar-refractivity contribution >= 4 is 23.9 Å². The maximum absolute atomic E-state index is 11.4. The first-order valence-corrected chi connectivity index (χ1v) is 7.72. The van der Waals surface area contributed by atoms with Gasteiger partial charge in [0.25, 0.3) is 0 Å². The molecule has 0 rings (SSSR count). The van der Waals surface area contributed by atoms with E-state index in [2.05, 4.69) is 9.47 Å². The van der Waals surface area contributed by atoms with Crippen molar-refractivity contribution in [1.82, 2.24) is 0 Å². The molecule has 0 bridgehead atoms. The van der Waals surface area contributed by atoms with E-state index in [-0.39, 0.29) is 19.5 Å². The summed E-state index contributed by atoms with van der Waals surface area (Å²) in [6, 6.07) is -1.89. The minimum Gasteiger partial charge on any atom is -0.392 e. The lowest BCUT2D eigenvalue weighted by Gasteiger charge is -2.10.